The van der Waals surface area contributed by atoms with E-state index in [2.05, 4.69) is 130 Å². The number of unbranched alkanes of at least 4 members (excludes halogenated alkanes) is 16. The van der Waals surface area contributed by atoms with E-state index in [0.717, 1.165) is 122 Å². The third kappa shape index (κ3) is 61.4. The van der Waals surface area contributed by atoms with Crippen molar-refractivity contribution in [2.75, 3.05) is 39.6 Å². The molecule has 0 aliphatic carbocycles. The van der Waals surface area contributed by atoms with Gasteiger partial charge in [-0.1, -0.05) is 206 Å². The van der Waals surface area contributed by atoms with Crippen molar-refractivity contribution in [3.05, 3.63) is 122 Å². The number of hydrogen-bond acceptors (Lipinski definition) is 14. The van der Waals surface area contributed by atoms with Crippen molar-refractivity contribution in [2.24, 2.45) is 0 Å². The number of phosphoric ester groups is 2. The fourth-order valence-electron chi connectivity index (χ4n) is 7.74. The monoisotopic (exact) mass is 1230 g/mol. The number of ether oxygens (including phenoxy) is 3. The lowest BCUT2D eigenvalue weighted by molar-refractivity contribution is -0.161. The summed E-state index contributed by atoms with van der Waals surface area (Å²) in [5, 5.41) is 20.5. The molecule has 0 rings (SSSR count). The number of carbonyl (C=O) groups excluding carboxylic acids is 3. The van der Waals surface area contributed by atoms with E-state index in [1.54, 1.807) is 0 Å². The van der Waals surface area contributed by atoms with Gasteiger partial charge < -0.3 is 34.2 Å². The van der Waals surface area contributed by atoms with E-state index in [-0.39, 0.29) is 19.3 Å². The Bertz CT molecular complexity index is 2040. The Morgan fingerprint density at radius 2 is 0.647 bits per heavy atom. The van der Waals surface area contributed by atoms with E-state index in [0.29, 0.717) is 25.7 Å². The molecule has 4 N–H and O–H groups in total. The maximum atomic E-state index is 12.8. The molecule has 0 aliphatic heterocycles. The zero-order valence-electron chi connectivity index (χ0n) is 52.2. The Balaban J connectivity index is 4.67. The molecule has 0 amide bonds. The molecule has 0 aromatic heterocycles. The topological polar surface area (TPSA) is 231 Å². The quantitative estimate of drug-likeness (QED) is 0.0146. The van der Waals surface area contributed by atoms with Crippen LogP contribution in [0.3, 0.4) is 0 Å². The molecule has 5 unspecified atom stereocenters. The lowest BCUT2D eigenvalue weighted by Gasteiger charge is -2.21. The lowest BCUT2D eigenvalue weighted by Crippen LogP contribution is -2.30. The maximum Gasteiger partial charge on any atom is 0.472 e. The number of phosphoric acid groups is 2. The predicted molar refractivity (Wildman–Crippen MR) is 343 cm³/mol. The summed E-state index contributed by atoms with van der Waals surface area (Å²) in [7, 11) is -9.79. The normalized spacial score (nSPS) is 15.1. The number of carbonyl (C=O) groups is 3. The van der Waals surface area contributed by atoms with Gasteiger partial charge in [0, 0.05) is 19.3 Å². The standard InChI is InChI=1S/C67H112O16P2/c1-4-7-10-13-16-19-22-24-26-28-29-30-31-33-35-36-39-41-44-47-50-53-65(70)77-56-62(68)57-79-84(73,74)80-58-63(69)59-81-85(75,76)82-61-64(83-67(72)55-52-49-46-43-38-21-18-15-12-9-6-3)60-78-66(71)54-51-48-45-42-40-37-34-32-27-25-23-20-17-14-11-8-5-2/h8,11,15-20,24-27,29-30,33-35,37,42,45,62-64,68-69H,4-7,9-10,12-14,21-23,28,31-32,36,38-41,43-44,46-61H2,1-3H3,(H,73,74)(H,75,76)/b11-8-,18-15-,19-16-,20-17-,26-24-,27-25-,30-29-,35-33-,37-34-,45-42-. The van der Waals surface area contributed by atoms with Gasteiger partial charge in [0.05, 0.1) is 26.4 Å². The molecular formula is C67H112O16P2. The second-order valence-corrected chi connectivity index (χ2v) is 23.7. The molecule has 5 atom stereocenters. The molecule has 0 aromatic rings. The van der Waals surface area contributed by atoms with Crippen LogP contribution in [-0.2, 0) is 55.8 Å². The Kier molecular flexibility index (Phi) is 57.4. The van der Waals surface area contributed by atoms with Gasteiger partial charge in [-0.2, -0.15) is 0 Å². The third-order valence-electron chi connectivity index (χ3n) is 12.6. The van der Waals surface area contributed by atoms with Gasteiger partial charge in [-0.25, -0.2) is 9.13 Å². The highest BCUT2D eigenvalue weighted by Crippen LogP contribution is 2.45. The molecule has 0 heterocycles. The van der Waals surface area contributed by atoms with Crippen LogP contribution in [0.4, 0.5) is 0 Å². The minimum absolute atomic E-state index is 0.0779. The number of esters is 3. The minimum Gasteiger partial charge on any atom is -0.463 e. The van der Waals surface area contributed by atoms with Crippen LogP contribution in [-0.4, -0.2) is 95.9 Å². The first-order chi connectivity index (χ1) is 41.2. The molecule has 0 saturated carbocycles. The molecule has 0 saturated heterocycles. The SMILES string of the molecule is CC/C=C\C/C=C\C/C=C\C/C=C\C/C=C\CCCC(=O)OCC(COP(=O)(O)OCC(O)COP(=O)(O)OCC(O)COC(=O)CCCCCCC/C=C\C/C=C\C/C=C\C/C=C\CCCCC)OC(=O)CCCCCCC/C=C\CCCC. The maximum absolute atomic E-state index is 12.8. The highest BCUT2D eigenvalue weighted by atomic mass is 31.2. The molecule has 0 aliphatic rings. The van der Waals surface area contributed by atoms with Crippen molar-refractivity contribution in [1.82, 2.24) is 0 Å². The summed E-state index contributed by atoms with van der Waals surface area (Å²) in [6.07, 6.45) is 67.1. The van der Waals surface area contributed by atoms with Gasteiger partial charge in [-0.15, -0.1) is 0 Å². The summed E-state index contributed by atoms with van der Waals surface area (Å²) in [5.74, 6) is -1.68. The predicted octanol–water partition coefficient (Wildman–Crippen LogP) is 17.1. The van der Waals surface area contributed by atoms with Gasteiger partial charge in [0.25, 0.3) is 0 Å². The highest BCUT2D eigenvalue weighted by molar-refractivity contribution is 7.47. The molecule has 85 heavy (non-hydrogen) atoms. The van der Waals surface area contributed by atoms with Crippen LogP contribution in [0.25, 0.3) is 0 Å². The summed E-state index contributed by atoms with van der Waals surface area (Å²) >= 11 is 0. The number of aliphatic hydroxyl groups is 2. The minimum atomic E-state index is -4.94. The first kappa shape index (κ1) is 81.0. The van der Waals surface area contributed by atoms with Crippen molar-refractivity contribution in [3.63, 3.8) is 0 Å². The number of allylic oxidation sites excluding steroid dienone is 20. The van der Waals surface area contributed by atoms with Crippen molar-refractivity contribution >= 4 is 33.6 Å². The smallest absolute Gasteiger partial charge is 0.463 e. The third-order valence-corrected chi connectivity index (χ3v) is 14.5. The largest absolute Gasteiger partial charge is 0.472 e. The average molecular weight is 1240 g/mol. The van der Waals surface area contributed by atoms with Crippen LogP contribution in [0.15, 0.2) is 122 Å². The summed E-state index contributed by atoms with van der Waals surface area (Å²) < 4.78 is 60.6. The molecule has 0 aromatic carbocycles. The molecule has 0 fully saturated rings. The summed E-state index contributed by atoms with van der Waals surface area (Å²) in [6.45, 7) is 2.34. The van der Waals surface area contributed by atoms with E-state index in [1.807, 2.05) is 12.2 Å². The summed E-state index contributed by atoms with van der Waals surface area (Å²) in [6, 6.07) is 0. The van der Waals surface area contributed by atoms with Gasteiger partial charge in [0.15, 0.2) is 6.10 Å². The van der Waals surface area contributed by atoms with Crippen molar-refractivity contribution in [1.29, 1.82) is 0 Å². The molecular weight excluding hydrogens is 1120 g/mol. The van der Waals surface area contributed by atoms with E-state index in [1.165, 1.54) is 38.5 Å². The molecule has 16 nitrogen and oxygen atoms in total. The summed E-state index contributed by atoms with van der Waals surface area (Å²) in [5.41, 5.74) is 0. The average Bonchev–Trinajstić information content (AvgIpc) is 3.60. The van der Waals surface area contributed by atoms with Crippen LogP contribution < -0.4 is 0 Å². The van der Waals surface area contributed by atoms with Gasteiger partial charge >= 0.3 is 33.6 Å². The summed E-state index contributed by atoms with van der Waals surface area (Å²) in [4.78, 5) is 58.1. The van der Waals surface area contributed by atoms with Crippen molar-refractivity contribution < 1.29 is 75.8 Å². The second kappa shape index (κ2) is 60.2. The second-order valence-electron chi connectivity index (χ2n) is 20.8. The van der Waals surface area contributed by atoms with Gasteiger partial charge in [-0.05, 0) is 122 Å². The molecule has 486 valence electrons. The van der Waals surface area contributed by atoms with E-state index in [9.17, 15) is 43.5 Å². The van der Waals surface area contributed by atoms with Gasteiger partial charge in [0.1, 0.15) is 25.4 Å². The fraction of sp³-hybridized carbons (Fsp3) is 0.657. The molecule has 0 radical (unpaired) electrons. The van der Waals surface area contributed by atoms with E-state index in [4.69, 9.17) is 32.3 Å². The lowest BCUT2D eigenvalue weighted by atomic mass is 10.1. The number of aliphatic hydroxyl groups excluding tert-OH is 2. The highest BCUT2D eigenvalue weighted by Gasteiger charge is 2.29. The number of hydrogen-bond donors (Lipinski definition) is 4. The van der Waals surface area contributed by atoms with E-state index >= 15 is 0 Å². The zero-order valence-corrected chi connectivity index (χ0v) is 54.0. The van der Waals surface area contributed by atoms with Crippen LogP contribution in [0, 0.1) is 0 Å². The Morgan fingerprint density at radius 3 is 1.08 bits per heavy atom. The van der Waals surface area contributed by atoms with E-state index < -0.39 is 91.5 Å². The van der Waals surface area contributed by atoms with Crippen LogP contribution in [0.1, 0.15) is 226 Å². The molecule has 0 bridgehead atoms. The Labute approximate surface area is 512 Å². The zero-order chi connectivity index (χ0) is 62.4. The fourth-order valence-corrected chi connectivity index (χ4v) is 9.33. The number of rotatable bonds is 59. The Hall–Kier alpha value is -4.05. The van der Waals surface area contributed by atoms with Crippen molar-refractivity contribution in [2.45, 2.75) is 245 Å². The van der Waals surface area contributed by atoms with Crippen molar-refractivity contribution in [3.8, 4) is 0 Å². The van der Waals surface area contributed by atoms with Crippen LogP contribution in [0.2, 0.25) is 0 Å². The van der Waals surface area contributed by atoms with Gasteiger partial charge in [0.2, 0.25) is 0 Å². The molecule has 0 spiro atoms. The molecule has 18 heteroatoms. The van der Waals surface area contributed by atoms with Crippen LogP contribution in [0.5, 0.6) is 0 Å². The Morgan fingerprint density at radius 1 is 0.341 bits per heavy atom. The first-order valence-corrected chi connectivity index (χ1v) is 34.8. The van der Waals surface area contributed by atoms with Gasteiger partial charge in [-0.3, -0.25) is 32.5 Å². The van der Waals surface area contributed by atoms with Crippen LogP contribution >= 0.6 is 15.6 Å². The first-order valence-electron chi connectivity index (χ1n) is 31.8.